The molecule has 3 rings (SSSR count). The number of nitro groups is 1. The van der Waals surface area contributed by atoms with Crippen molar-refractivity contribution in [3.05, 3.63) is 69.0 Å². The molecule has 0 N–H and O–H groups in total. The molecule has 1 saturated carbocycles. The number of hydrogen-bond acceptors (Lipinski definition) is 4. The highest BCUT2D eigenvalue weighted by molar-refractivity contribution is 5.87. The Bertz CT molecular complexity index is 878. The van der Waals surface area contributed by atoms with Crippen LogP contribution in [-0.2, 0) is 9.53 Å². The van der Waals surface area contributed by atoms with E-state index in [1.165, 1.54) is 36.7 Å². The molecule has 136 valence electrons. The van der Waals surface area contributed by atoms with Gasteiger partial charge in [-0.1, -0.05) is 12.1 Å². The first-order valence-corrected chi connectivity index (χ1v) is 8.68. The molecule has 1 aromatic heterocycles. The summed E-state index contributed by atoms with van der Waals surface area (Å²) in [6.07, 6.45) is 5.03. The molecule has 26 heavy (non-hydrogen) atoms. The smallest absolute Gasteiger partial charge is 0.331 e. The first kappa shape index (κ1) is 17.9. The van der Waals surface area contributed by atoms with Crippen LogP contribution in [-0.4, -0.2) is 15.5 Å². The molecule has 0 bridgehead atoms. The van der Waals surface area contributed by atoms with E-state index in [0.29, 0.717) is 11.6 Å². The maximum Gasteiger partial charge on any atom is 0.331 e. The molecule has 0 spiro atoms. The molecule has 0 radical (unpaired) electrons. The van der Waals surface area contributed by atoms with Gasteiger partial charge in [0.1, 0.15) is 6.10 Å². The molecule has 1 fully saturated rings. The van der Waals surface area contributed by atoms with E-state index in [-0.39, 0.29) is 5.69 Å². The molecule has 0 unspecified atom stereocenters. The molecule has 1 aliphatic rings. The van der Waals surface area contributed by atoms with Gasteiger partial charge >= 0.3 is 5.97 Å². The molecule has 2 aromatic rings. The quantitative estimate of drug-likeness (QED) is 0.327. The topological polar surface area (TPSA) is 74.4 Å². The van der Waals surface area contributed by atoms with Crippen LogP contribution in [0, 0.1) is 24.0 Å². The highest BCUT2D eigenvalue weighted by atomic mass is 16.6. The number of rotatable bonds is 6. The van der Waals surface area contributed by atoms with Gasteiger partial charge in [-0.25, -0.2) is 4.79 Å². The largest absolute Gasteiger partial charge is 0.455 e. The van der Waals surface area contributed by atoms with Crippen LogP contribution in [0.5, 0.6) is 0 Å². The summed E-state index contributed by atoms with van der Waals surface area (Å²) in [6.45, 7) is 5.83. The van der Waals surface area contributed by atoms with Crippen molar-refractivity contribution in [3.63, 3.8) is 0 Å². The third kappa shape index (κ3) is 3.85. The molecular weight excluding hydrogens is 332 g/mol. The number of carbonyl (C=O) groups excluding carboxylic acids is 1. The normalized spacial score (nSPS) is 15.2. The van der Waals surface area contributed by atoms with Crippen LogP contribution in [0.25, 0.3) is 6.08 Å². The summed E-state index contributed by atoms with van der Waals surface area (Å²) in [4.78, 5) is 22.5. The van der Waals surface area contributed by atoms with Crippen LogP contribution in [0.4, 0.5) is 5.69 Å². The molecule has 1 aromatic carbocycles. The summed E-state index contributed by atoms with van der Waals surface area (Å²) in [5, 5.41) is 10.9. The number of benzene rings is 1. The summed E-state index contributed by atoms with van der Waals surface area (Å²) >= 11 is 0. The fourth-order valence-corrected chi connectivity index (χ4v) is 3.20. The summed E-state index contributed by atoms with van der Waals surface area (Å²) in [5.74, 6) is -0.472. The number of ether oxygens (including phenoxy) is 1. The highest BCUT2D eigenvalue weighted by Gasteiger charge is 2.26. The van der Waals surface area contributed by atoms with E-state index >= 15 is 0 Å². The van der Waals surface area contributed by atoms with Crippen molar-refractivity contribution in [2.24, 2.45) is 0 Å². The molecule has 1 heterocycles. The van der Waals surface area contributed by atoms with Gasteiger partial charge in [0.15, 0.2) is 0 Å². The Morgan fingerprint density at radius 1 is 1.35 bits per heavy atom. The lowest BCUT2D eigenvalue weighted by Gasteiger charge is -2.12. The van der Waals surface area contributed by atoms with E-state index in [0.717, 1.165) is 11.3 Å². The summed E-state index contributed by atoms with van der Waals surface area (Å²) < 4.78 is 7.69. The predicted molar refractivity (Wildman–Crippen MR) is 98.8 cm³/mol. The van der Waals surface area contributed by atoms with Crippen molar-refractivity contribution in [2.75, 3.05) is 0 Å². The fourth-order valence-electron chi connectivity index (χ4n) is 3.20. The number of aryl methyl sites for hydroxylation is 1. The number of carbonyl (C=O) groups is 1. The average molecular weight is 354 g/mol. The lowest BCUT2D eigenvalue weighted by molar-refractivity contribution is -0.385. The van der Waals surface area contributed by atoms with Crippen molar-refractivity contribution in [1.29, 1.82) is 0 Å². The van der Waals surface area contributed by atoms with Crippen LogP contribution in [0.15, 0.2) is 36.4 Å². The molecule has 0 saturated heterocycles. The number of hydrogen-bond donors (Lipinski definition) is 0. The van der Waals surface area contributed by atoms with Crippen molar-refractivity contribution in [3.8, 4) is 0 Å². The Morgan fingerprint density at radius 3 is 2.73 bits per heavy atom. The van der Waals surface area contributed by atoms with E-state index in [2.05, 4.69) is 24.5 Å². The first-order valence-electron chi connectivity index (χ1n) is 8.68. The average Bonchev–Trinajstić information content (AvgIpc) is 3.39. The van der Waals surface area contributed by atoms with Gasteiger partial charge < -0.3 is 9.30 Å². The van der Waals surface area contributed by atoms with E-state index in [9.17, 15) is 14.9 Å². The lowest BCUT2D eigenvalue weighted by Crippen LogP contribution is -2.06. The van der Waals surface area contributed by atoms with Crippen LogP contribution >= 0.6 is 0 Å². The van der Waals surface area contributed by atoms with Crippen molar-refractivity contribution < 1.29 is 14.5 Å². The van der Waals surface area contributed by atoms with Crippen LogP contribution in [0.1, 0.15) is 54.4 Å². The maximum absolute atomic E-state index is 12.1. The fraction of sp³-hybridized carbons (Fsp3) is 0.350. The van der Waals surface area contributed by atoms with E-state index in [1.54, 1.807) is 25.1 Å². The van der Waals surface area contributed by atoms with Gasteiger partial charge in [0.05, 0.1) is 4.92 Å². The predicted octanol–water partition coefficient (Wildman–Crippen LogP) is 4.67. The van der Waals surface area contributed by atoms with Crippen LogP contribution in [0.3, 0.4) is 0 Å². The second-order valence-corrected chi connectivity index (χ2v) is 6.69. The zero-order chi connectivity index (χ0) is 18.8. The molecule has 0 amide bonds. The molecule has 0 aliphatic heterocycles. The first-order chi connectivity index (χ1) is 12.4. The molecule has 6 nitrogen and oxygen atoms in total. The summed E-state index contributed by atoms with van der Waals surface area (Å²) in [5.41, 5.74) is 3.93. The zero-order valence-corrected chi connectivity index (χ0v) is 15.1. The van der Waals surface area contributed by atoms with Crippen LogP contribution in [0.2, 0.25) is 0 Å². The third-order valence-corrected chi connectivity index (χ3v) is 4.68. The minimum Gasteiger partial charge on any atom is -0.455 e. The van der Waals surface area contributed by atoms with Gasteiger partial charge in [0.2, 0.25) is 0 Å². The lowest BCUT2D eigenvalue weighted by atomic mass is 10.1. The van der Waals surface area contributed by atoms with Gasteiger partial charge in [0, 0.05) is 35.6 Å². The minimum atomic E-state index is -0.564. The van der Waals surface area contributed by atoms with Crippen molar-refractivity contribution in [2.45, 2.75) is 45.8 Å². The molecule has 6 heteroatoms. The summed E-state index contributed by atoms with van der Waals surface area (Å²) in [7, 11) is 0. The Balaban J connectivity index is 1.67. The molecule has 1 aliphatic carbocycles. The van der Waals surface area contributed by atoms with Gasteiger partial charge in [-0.2, -0.15) is 0 Å². The van der Waals surface area contributed by atoms with E-state index in [4.69, 9.17) is 4.74 Å². The van der Waals surface area contributed by atoms with E-state index in [1.807, 2.05) is 0 Å². The Labute approximate surface area is 152 Å². The summed E-state index contributed by atoms with van der Waals surface area (Å²) in [6, 6.07) is 8.79. The number of nitro benzene ring substituents is 1. The standard InChI is InChI=1S/C20H22N2O4/c1-13-11-16(14(2)21(13)18-8-9-18)7-10-20(23)26-15(3)17-5-4-6-19(12-17)22(24)25/h4-7,10-12,15,18H,8-9H2,1-3H3/b10-7+/t15-/m0/s1. The monoisotopic (exact) mass is 354 g/mol. The second-order valence-electron chi connectivity index (χ2n) is 6.69. The number of nitrogens with zero attached hydrogens (tertiary/aromatic N) is 2. The highest BCUT2D eigenvalue weighted by Crippen LogP contribution is 2.38. The maximum atomic E-state index is 12.1. The number of aromatic nitrogens is 1. The van der Waals surface area contributed by atoms with Crippen molar-refractivity contribution in [1.82, 2.24) is 4.57 Å². The zero-order valence-electron chi connectivity index (χ0n) is 15.1. The van der Waals surface area contributed by atoms with Gasteiger partial charge in [-0.15, -0.1) is 0 Å². The second kappa shape index (κ2) is 7.15. The van der Waals surface area contributed by atoms with Gasteiger partial charge in [-0.3, -0.25) is 10.1 Å². The number of non-ortho nitro benzene ring substituents is 1. The third-order valence-electron chi connectivity index (χ3n) is 4.68. The Hall–Kier alpha value is -2.89. The van der Waals surface area contributed by atoms with Gasteiger partial charge in [-0.05, 0) is 56.9 Å². The van der Waals surface area contributed by atoms with Crippen molar-refractivity contribution >= 4 is 17.7 Å². The SMILES string of the molecule is Cc1cc(/C=C/C(=O)O[C@@H](C)c2cccc([N+](=O)[O-])c2)c(C)n1C1CC1. The van der Waals surface area contributed by atoms with Gasteiger partial charge in [0.25, 0.3) is 5.69 Å². The number of esters is 1. The minimum absolute atomic E-state index is 0.0199. The Morgan fingerprint density at radius 2 is 2.08 bits per heavy atom. The Kier molecular flexibility index (Phi) is 4.93. The molecular formula is C20H22N2O4. The van der Waals surface area contributed by atoms with Crippen LogP contribution < -0.4 is 0 Å². The van der Waals surface area contributed by atoms with E-state index < -0.39 is 17.0 Å². The molecule has 1 atom stereocenters.